The number of nitrogens with zero attached hydrogens (tertiary/aromatic N) is 2. The van der Waals surface area contributed by atoms with E-state index < -0.39 is 20.0 Å². The SMILES string of the molecule is O=[N+]([O-])c1ccc2nc(NCC3CCCS3(=O)=O)oc2c1. The van der Waals surface area contributed by atoms with Gasteiger partial charge in [-0.2, -0.15) is 4.98 Å². The van der Waals surface area contributed by atoms with Crippen LogP contribution in [0, 0.1) is 10.1 Å². The number of sulfone groups is 1. The number of rotatable bonds is 4. The van der Waals surface area contributed by atoms with E-state index >= 15 is 0 Å². The number of benzene rings is 1. The highest BCUT2D eigenvalue weighted by molar-refractivity contribution is 7.92. The first-order valence-corrected chi connectivity index (χ1v) is 8.18. The fourth-order valence-electron chi connectivity index (χ4n) is 2.39. The summed E-state index contributed by atoms with van der Waals surface area (Å²) in [4.78, 5) is 14.3. The zero-order valence-electron chi connectivity index (χ0n) is 11.0. The van der Waals surface area contributed by atoms with Crippen molar-refractivity contribution in [1.82, 2.24) is 4.98 Å². The predicted octanol–water partition coefficient (Wildman–Crippen LogP) is 1.73. The van der Waals surface area contributed by atoms with Gasteiger partial charge in [0.2, 0.25) is 0 Å². The normalized spacial score (nSPS) is 20.7. The van der Waals surface area contributed by atoms with Gasteiger partial charge in [-0.05, 0) is 18.9 Å². The van der Waals surface area contributed by atoms with Crippen molar-refractivity contribution in [2.45, 2.75) is 18.1 Å². The van der Waals surface area contributed by atoms with Gasteiger partial charge < -0.3 is 9.73 Å². The van der Waals surface area contributed by atoms with E-state index in [-0.39, 0.29) is 24.0 Å². The topological polar surface area (TPSA) is 115 Å². The van der Waals surface area contributed by atoms with Gasteiger partial charge in [0.1, 0.15) is 5.52 Å². The molecule has 21 heavy (non-hydrogen) atoms. The van der Waals surface area contributed by atoms with Gasteiger partial charge in [0, 0.05) is 12.6 Å². The van der Waals surface area contributed by atoms with E-state index in [4.69, 9.17) is 4.42 Å². The third-order valence-corrected chi connectivity index (χ3v) is 5.80. The molecule has 1 aromatic carbocycles. The summed E-state index contributed by atoms with van der Waals surface area (Å²) in [6.07, 6.45) is 1.30. The molecule has 0 aliphatic carbocycles. The molecule has 0 spiro atoms. The summed E-state index contributed by atoms with van der Waals surface area (Å²) in [6, 6.07) is 4.30. The maximum atomic E-state index is 11.7. The van der Waals surface area contributed by atoms with E-state index in [2.05, 4.69) is 10.3 Å². The Morgan fingerprint density at radius 3 is 2.95 bits per heavy atom. The van der Waals surface area contributed by atoms with Crippen molar-refractivity contribution in [3.8, 4) is 0 Å². The first kappa shape index (κ1) is 13.8. The third-order valence-electron chi connectivity index (χ3n) is 3.53. The molecule has 2 heterocycles. The van der Waals surface area contributed by atoms with E-state index in [1.165, 1.54) is 18.2 Å². The lowest BCUT2D eigenvalue weighted by molar-refractivity contribution is -0.384. The van der Waals surface area contributed by atoms with Crippen molar-refractivity contribution in [2.75, 3.05) is 17.6 Å². The molecule has 9 heteroatoms. The van der Waals surface area contributed by atoms with Crippen LogP contribution in [0.2, 0.25) is 0 Å². The molecule has 1 aliphatic heterocycles. The van der Waals surface area contributed by atoms with Gasteiger partial charge >= 0.3 is 0 Å². The average molecular weight is 311 g/mol. The van der Waals surface area contributed by atoms with Crippen LogP contribution in [0.1, 0.15) is 12.8 Å². The number of oxazole rings is 1. The number of nitro groups is 1. The van der Waals surface area contributed by atoms with E-state index in [0.717, 1.165) is 0 Å². The summed E-state index contributed by atoms with van der Waals surface area (Å²) in [5, 5.41) is 13.1. The lowest BCUT2D eigenvalue weighted by atomic mass is 10.2. The monoisotopic (exact) mass is 311 g/mol. The standard InChI is InChI=1S/C12H13N3O5S/c16-15(17)8-3-4-10-11(6-8)20-12(14-10)13-7-9-2-1-5-21(9,18)19/h3-4,6,9H,1-2,5,7H2,(H,13,14). The lowest BCUT2D eigenvalue weighted by Crippen LogP contribution is -2.25. The molecule has 1 aliphatic rings. The molecule has 0 amide bonds. The molecule has 1 saturated heterocycles. The number of hydrogen-bond acceptors (Lipinski definition) is 7. The molecule has 1 N–H and O–H groups in total. The van der Waals surface area contributed by atoms with Crippen LogP contribution in [0.5, 0.6) is 0 Å². The number of fused-ring (bicyclic) bond motifs is 1. The summed E-state index contributed by atoms with van der Waals surface area (Å²) in [7, 11) is -3.03. The van der Waals surface area contributed by atoms with Crippen LogP contribution >= 0.6 is 0 Å². The Bertz CT molecular complexity index is 798. The van der Waals surface area contributed by atoms with Gasteiger partial charge in [0.05, 0.1) is 22.0 Å². The molecule has 1 fully saturated rings. The van der Waals surface area contributed by atoms with E-state index in [1.54, 1.807) is 0 Å². The molecular formula is C12H13N3O5S. The quantitative estimate of drug-likeness (QED) is 0.675. The number of hydrogen-bond donors (Lipinski definition) is 1. The fourth-order valence-corrected chi connectivity index (χ4v) is 4.16. The van der Waals surface area contributed by atoms with Crippen molar-refractivity contribution in [3.05, 3.63) is 28.3 Å². The van der Waals surface area contributed by atoms with E-state index in [0.29, 0.717) is 23.9 Å². The molecule has 0 radical (unpaired) electrons. The zero-order valence-corrected chi connectivity index (χ0v) is 11.8. The van der Waals surface area contributed by atoms with Crippen LogP contribution in [-0.4, -0.2) is 35.9 Å². The minimum atomic E-state index is -3.03. The highest BCUT2D eigenvalue weighted by Gasteiger charge is 2.31. The minimum absolute atomic E-state index is 0.0800. The molecule has 112 valence electrons. The first-order chi connectivity index (χ1) is 9.95. The first-order valence-electron chi connectivity index (χ1n) is 6.46. The molecule has 1 unspecified atom stereocenters. The van der Waals surface area contributed by atoms with Crippen LogP contribution in [-0.2, 0) is 9.84 Å². The summed E-state index contributed by atoms with van der Waals surface area (Å²) in [5.74, 6) is 0.221. The molecule has 3 rings (SSSR count). The minimum Gasteiger partial charge on any atom is -0.423 e. The number of nitro benzene ring substituents is 1. The van der Waals surface area contributed by atoms with Crippen molar-refractivity contribution < 1.29 is 17.8 Å². The molecule has 2 aromatic rings. The number of aromatic nitrogens is 1. The van der Waals surface area contributed by atoms with Gasteiger partial charge in [0.15, 0.2) is 15.4 Å². The van der Waals surface area contributed by atoms with Crippen molar-refractivity contribution in [2.24, 2.45) is 0 Å². The zero-order chi connectivity index (χ0) is 15.0. The van der Waals surface area contributed by atoms with E-state index in [1.807, 2.05) is 0 Å². The van der Waals surface area contributed by atoms with Gasteiger partial charge in [-0.3, -0.25) is 10.1 Å². The van der Waals surface area contributed by atoms with Crippen molar-refractivity contribution in [3.63, 3.8) is 0 Å². The Kier molecular flexibility index (Phi) is 3.28. The van der Waals surface area contributed by atoms with Gasteiger partial charge in [-0.1, -0.05) is 0 Å². The Hall–Kier alpha value is -2.16. The maximum absolute atomic E-state index is 11.7. The van der Waals surface area contributed by atoms with Crippen LogP contribution < -0.4 is 5.32 Å². The van der Waals surface area contributed by atoms with Gasteiger partial charge in [-0.15, -0.1) is 0 Å². The second-order valence-electron chi connectivity index (χ2n) is 4.94. The van der Waals surface area contributed by atoms with Crippen LogP contribution in [0.4, 0.5) is 11.7 Å². The van der Waals surface area contributed by atoms with E-state index in [9.17, 15) is 18.5 Å². The summed E-state index contributed by atoms with van der Waals surface area (Å²) >= 11 is 0. The average Bonchev–Trinajstić information content (AvgIpc) is 2.97. The van der Waals surface area contributed by atoms with Crippen molar-refractivity contribution >= 4 is 32.6 Å². The Labute approximate surface area is 120 Å². The fraction of sp³-hybridized carbons (Fsp3) is 0.417. The third kappa shape index (κ3) is 2.68. The summed E-state index contributed by atoms with van der Waals surface area (Å²) in [5.41, 5.74) is 0.696. The predicted molar refractivity (Wildman–Crippen MR) is 76.0 cm³/mol. The molecule has 1 aromatic heterocycles. The summed E-state index contributed by atoms with van der Waals surface area (Å²) < 4.78 is 28.8. The van der Waals surface area contributed by atoms with Crippen LogP contribution in [0.3, 0.4) is 0 Å². The highest BCUT2D eigenvalue weighted by Crippen LogP contribution is 2.25. The Morgan fingerprint density at radius 1 is 1.48 bits per heavy atom. The number of anilines is 1. The number of non-ortho nitro benzene ring substituents is 1. The number of nitrogens with one attached hydrogen (secondary N) is 1. The van der Waals surface area contributed by atoms with Crippen molar-refractivity contribution in [1.29, 1.82) is 0 Å². The van der Waals surface area contributed by atoms with Crippen LogP contribution in [0.25, 0.3) is 11.1 Å². The lowest BCUT2D eigenvalue weighted by Gasteiger charge is -2.08. The molecular weight excluding hydrogens is 298 g/mol. The molecule has 1 atom stereocenters. The highest BCUT2D eigenvalue weighted by atomic mass is 32.2. The van der Waals surface area contributed by atoms with Gasteiger partial charge in [-0.25, -0.2) is 8.42 Å². The largest absolute Gasteiger partial charge is 0.423 e. The molecule has 8 nitrogen and oxygen atoms in total. The molecule has 0 saturated carbocycles. The second kappa shape index (κ2) is 4.99. The van der Waals surface area contributed by atoms with Crippen LogP contribution in [0.15, 0.2) is 22.6 Å². The Balaban J connectivity index is 1.77. The summed E-state index contributed by atoms with van der Waals surface area (Å²) in [6.45, 7) is 0.233. The second-order valence-corrected chi connectivity index (χ2v) is 7.34. The molecule has 0 bridgehead atoms. The maximum Gasteiger partial charge on any atom is 0.295 e. The van der Waals surface area contributed by atoms with Gasteiger partial charge in [0.25, 0.3) is 11.7 Å². The Morgan fingerprint density at radius 2 is 2.29 bits per heavy atom. The smallest absolute Gasteiger partial charge is 0.295 e.